The first-order valence-electron chi connectivity index (χ1n) is 6.92. The van der Waals surface area contributed by atoms with Crippen LogP contribution in [0.15, 0.2) is 30.3 Å². The van der Waals surface area contributed by atoms with Gasteiger partial charge in [0.1, 0.15) is 4.99 Å². The minimum Gasteiger partial charge on any atom is -0.389 e. The van der Waals surface area contributed by atoms with Gasteiger partial charge in [-0.2, -0.15) is 0 Å². The predicted octanol–water partition coefficient (Wildman–Crippen LogP) is 2.80. The maximum atomic E-state index is 12.2. The molecule has 0 spiro atoms. The van der Waals surface area contributed by atoms with Gasteiger partial charge in [-0.05, 0) is 42.5 Å². The van der Waals surface area contributed by atoms with Crippen molar-refractivity contribution in [1.82, 2.24) is 5.32 Å². The number of fused-ring (bicyclic) bond motifs is 1. The van der Waals surface area contributed by atoms with Gasteiger partial charge in [0.25, 0.3) is 5.91 Å². The van der Waals surface area contributed by atoms with Gasteiger partial charge >= 0.3 is 0 Å². The van der Waals surface area contributed by atoms with E-state index in [0.29, 0.717) is 11.5 Å². The fraction of sp³-hybridized carbons (Fsp3) is 0.250. The fourth-order valence-corrected chi connectivity index (χ4v) is 3.84. The lowest BCUT2D eigenvalue weighted by molar-refractivity contribution is 0.0955. The summed E-state index contributed by atoms with van der Waals surface area (Å²) in [6.45, 7) is 0.484. The SMILES string of the molecule is NC(=S)c1cccc(CNC(=O)c2cc3c(s2)CCC3)c1. The first kappa shape index (κ1) is 14.2. The molecule has 108 valence electrons. The third-order valence-electron chi connectivity index (χ3n) is 3.63. The Morgan fingerprint density at radius 3 is 2.95 bits per heavy atom. The summed E-state index contributed by atoms with van der Waals surface area (Å²) in [4.78, 5) is 14.7. The van der Waals surface area contributed by atoms with E-state index in [4.69, 9.17) is 18.0 Å². The molecule has 0 bridgehead atoms. The molecule has 3 N–H and O–H groups in total. The second-order valence-corrected chi connectivity index (χ2v) is 6.74. The molecule has 1 amide bonds. The van der Waals surface area contributed by atoms with Crippen LogP contribution in [-0.4, -0.2) is 10.9 Å². The Balaban J connectivity index is 1.65. The van der Waals surface area contributed by atoms with Gasteiger partial charge in [0.15, 0.2) is 0 Å². The smallest absolute Gasteiger partial charge is 0.261 e. The average molecular weight is 316 g/mol. The van der Waals surface area contributed by atoms with Gasteiger partial charge in [0, 0.05) is 17.0 Å². The van der Waals surface area contributed by atoms with Gasteiger partial charge in [-0.1, -0.05) is 30.4 Å². The molecule has 0 saturated heterocycles. The zero-order valence-corrected chi connectivity index (χ0v) is 13.2. The lowest BCUT2D eigenvalue weighted by atomic mass is 10.1. The van der Waals surface area contributed by atoms with Crippen LogP contribution in [-0.2, 0) is 19.4 Å². The van der Waals surface area contributed by atoms with Crippen molar-refractivity contribution < 1.29 is 4.79 Å². The maximum Gasteiger partial charge on any atom is 0.261 e. The van der Waals surface area contributed by atoms with Gasteiger partial charge in [-0.15, -0.1) is 11.3 Å². The molecular weight excluding hydrogens is 300 g/mol. The number of thiophene rings is 1. The number of benzene rings is 1. The van der Waals surface area contributed by atoms with Gasteiger partial charge in [-0.3, -0.25) is 4.79 Å². The van der Waals surface area contributed by atoms with Crippen LogP contribution in [0.5, 0.6) is 0 Å². The molecule has 3 rings (SSSR count). The molecule has 0 fully saturated rings. The molecule has 1 aliphatic rings. The van der Waals surface area contributed by atoms with E-state index in [1.54, 1.807) is 11.3 Å². The Morgan fingerprint density at radius 2 is 2.19 bits per heavy atom. The first-order valence-corrected chi connectivity index (χ1v) is 8.14. The van der Waals surface area contributed by atoms with Crippen molar-refractivity contribution in [2.75, 3.05) is 0 Å². The Morgan fingerprint density at radius 1 is 1.33 bits per heavy atom. The van der Waals surface area contributed by atoms with E-state index in [9.17, 15) is 4.79 Å². The molecule has 0 aliphatic heterocycles. The molecule has 1 aromatic heterocycles. The Hall–Kier alpha value is -1.72. The van der Waals surface area contributed by atoms with Crippen molar-refractivity contribution in [2.24, 2.45) is 5.73 Å². The first-order chi connectivity index (χ1) is 10.1. The zero-order valence-electron chi connectivity index (χ0n) is 11.5. The monoisotopic (exact) mass is 316 g/mol. The Kier molecular flexibility index (Phi) is 4.03. The molecule has 2 aromatic rings. The number of carbonyl (C=O) groups excluding carboxylic acids is 1. The highest BCUT2D eigenvalue weighted by Gasteiger charge is 2.18. The summed E-state index contributed by atoms with van der Waals surface area (Å²) in [5, 5.41) is 2.96. The normalized spacial score (nSPS) is 13.0. The number of amides is 1. The molecule has 0 unspecified atom stereocenters. The number of rotatable bonds is 4. The van der Waals surface area contributed by atoms with Crippen LogP contribution in [0.3, 0.4) is 0 Å². The average Bonchev–Trinajstić information content (AvgIpc) is 3.06. The third-order valence-corrected chi connectivity index (χ3v) is 5.11. The highest BCUT2D eigenvalue weighted by molar-refractivity contribution is 7.80. The van der Waals surface area contributed by atoms with Crippen LogP contribution in [0, 0.1) is 0 Å². The quantitative estimate of drug-likeness (QED) is 0.853. The summed E-state index contributed by atoms with van der Waals surface area (Å²) in [7, 11) is 0. The molecule has 3 nitrogen and oxygen atoms in total. The number of carbonyl (C=O) groups is 1. The van der Waals surface area contributed by atoms with Crippen LogP contribution >= 0.6 is 23.6 Å². The number of nitrogens with two attached hydrogens (primary N) is 1. The van der Waals surface area contributed by atoms with Crippen LogP contribution < -0.4 is 11.1 Å². The van der Waals surface area contributed by atoms with Crippen molar-refractivity contribution >= 4 is 34.5 Å². The summed E-state index contributed by atoms with van der Waals surface area (Å²) in [5.41, 5.74) is 8.79. The van der Waals surface area contributed by atoms with Crippen molar-refractivity contribution in [3.8, 4) is 0 Å². The van der Waals surface area contributed by atoms with E-state index in [1.807, 2.05) is 30.3 Å². The second kappa shape index (κ2) is 5.95. The van der Waals surface area contributed by atoms with E-state index >= 15 is 0 Å². The van der Waals surface area contributed by atoms with E-state index in [1.165, 1.54) is 16.9 Å². The van der Waals surface area contributed by atoms with Crippen molar-refractivity contribution in [2.45, 2.75) is 25.8 Å². The van der Waals surface area contributed by atoms with Crippen molar-refractivity contribution in [3.05, 3.63) is 56.8 Å². The van der Waals surface area contributed by atoms with Crippen LogP contribution in [0.1, 0.15) is 37.7 Å². The lowest BCUT2D eigenvalue weighted by Crippen LogP contribution is -2.22. The van der Waals surface area contributed by atoms with Gasteiger partial charge in [-0.25, -0.2) is 0 Å². The largest absolute Gasteiger partial charge is 0.389 e. The number of nitrogens with one attached hydrogen (secondary N) is 1. The van der Waals surface area contributed by atoms with Crippen molar-refractivity contribution in [3.63, 3.8) is 0 Å². The van der Waals surface area contributed by atoms with Gasteiger partial charge in [0.05, 0.1) is 4.88 Å². The van der Waals surface area contributed by atoms with Crippen LogP contribution in [0.4, 0.5) is 0 Å². The molecule has 1 aliphatic carbocycles. The second-order valence-electron chi connectivity index (χ2n) is 5.16. The van der Waals surface area contributed by atoms with Crippen LogP contribution in [0.2, 0.25) is 0 Å². The van der Waals surface area contributed by atoms with Gasteiger partial charge < -0.3 is 11.1 Å². The van der Waals surface area contributed by atoms with E-state index < -0.39 is 0 Å². The number of hydrogen-bond acceptors (Lipinski definition) is 3. The summed E-state index contributed by atoms with van der Waals surface area (Å²) in [5.74, 6) is -0.00451. The molecule has 1 heterocycles. The highest BCUT2D eigenvalue weighted by Crippen LogP contribution is 2.30. The molecule has 0 saturated carbocycles. The van der Waals surface area contributed by atoms with E-state index in [-0.39, 0.29) is 5.91 Å². The topological polar surface area (TPSA) is 55.1 Å². The standard InChI is InChI=1S/C16H16N2OS2/c17-15(20)12-5-1-3-10(7-12)9-18-16(19)14-8-11-4-2-6-13(11)21-14/h1,3,5,7-8H,2,4,6,9H2,(H2,17,20)(H,18,19). The predicted molar refractivity (Wildman–Crippen MR) is 89.8 cm³/mol. The molecule has 5 heteroatoms. The van der Waals surface area contributed by atoms with E-state index in [2.05, 4.69) is 5.32 Å². The minimum atomic E-state index is -0.00451. The van der Waals surface area contributed by atoms with E-state index in [0.717, 1.165) is 28.8 Å². The summed E-state index contributed by atoms with van der Waals surface area (Å²) >= 11 is 6.58. The maximum absolute atomic E-state index is 12.2. The molecule has 0 radical (unpaired) electrons. The Bertz CT molecular complexity index is 685. The van der Waals surface area contributed by atoms with Gasteiger partial charge in [0.2, 0.25) is 0 Å². The summed E-state index contributed by atoms with van der Waals surface area (Å²) in [6.07, 6.45) is 3.44. The van der Waals surface area contributed by atoms with Crippen molar-refractivity contribution in [1.29, 1.82) is 0 Å². The zero-order chi connectivity index (χ0) is 14.8. The summed E-state index contributed by atoms with van der Waals surface area (Å²) in [6, 6.07) is 9.67. The molecule has 0 atom stereocenters. The number of thiocarbonyl (C=S) groups is 1. The molecule has 1 aromatic carbocycles. The number of hydrogen-bond donors (Lipinski definition) is 2. The molecule has 21 heavy (non-hydrogen) atoms. The summed E-state index contributed by atoms with van der Waals surface area (Å²) < 4.78 is 0. The van der Waals surface area contributed by atoms with Crippen LogP contribution in [0.25, 0.3) is 0 Å². The highest BCUT2D eigenvalue weighted by atomic mass is 32.1. The number of aryl methyl sites for hydroxylation is 2. The molecular formula is C16H16N2OS2. The Labute approximate surface area is 133 Å². The fourth-order valence-electron chi connectivity index (χ4n) is 2.54. The third kappa shape index (κ3) is 3.14. The minimum absolute atomic E-state index is 0.00451. The lowest BCUT2D eigenvalue weighted by Gasteiger charge is -2.06.